The molecule has 0 saturated carbocycles. The maximum absolute atomic E-state index is 12.5. The van der Waals surface area contributed by atoms with Gasteiger partial charge in [0.25, 0.3) is 5.91 Å². The summed E-state index contributed by atoms with van der Waals surface area (Å²) in [5.41, 5.74) is 1.56. The minimum Gasteiger partial charge on any atom is -0.497 e. The summed E-state index contributed by atoms with van der Waals surface area (Å²) in [6.07, 6.45) is 4.41. The fourth-order valence-corrected chi connectivity index (χ4v) is 3.56. The lowest BCUT2D eigenvalue weighted by molar-refractivity contribution is -0.121. The molecule has 0 aliphatic rings. The Hall–Kier alpha value is -3.13. The Bertz CT molecular complexity index is 935. The maximum atomic E-state index is 12.5. The number of hydrogen-bond donors (Lipinski definition) is 2. The summed E-state index contributed by atoms with van der Waals surface area (Å²) < 4.78 is 7.10. The van der Waals surface area contributed by atoms with E-state index in [1.807, 2.05) is 47.5 Å². The highest BCUT2D eigenvalue weighted by molar-refractivity contribution is 7.08. The summed E-state index contributed by atoms with van der Waals surface area (Å²) >= 11 is 1.48. The topological polar surface area (TPSA) is 85.2 Å². The molecular formula is C21H24N4O3S. The van der Waals surface area contributed by atoms with Crippen molar-refractivity contribution in [3.05, 3.63) is 70.4 Å². The first-order valence-corrected chi connectivity index (χ1v) is 10.2. The molecule has 0 saturated heterocycles. The van der Waals surface area contributed by atoms with Gasteiger partial charge in [-0.15, -0.1) is 0 Å². The zero-order valence-corrected chi connectivity index (χ0v) is 17.2. The second-order valence-corrected chi connectivity index (χ2v) is 7.32. The Labute approximate surface area is 173 Å². The van der Waals surface area contributed by atoms with Crippen LogP contribution in [0.3, 0.4) is 0 Å². The minimum absolute atomic E-state index is 0.0985. The molecule has 2 heterocycles. The fourth-order valence-electron chi connectivity index (χ4n) is 2.93. The number of benzene rings is 1. The summed E-state index contributed by atoms with van der Waals surface area (Å²) in [5.74, 6) is 1.28. The molecule has 0 aliphatic heterocycles. The number of carbonyl (C=O) groups is 2. The average Bonchev–Trinajstić information content (AvgIpc) is 3.41. The second kappa shape index (κ2) is 9.88. The van der Waals surface area contributed by atoms with E-state index in [2.05, 4.69) is 15.6 Å². The van der Waals surface area contributed by atoms with Crippen molar-refractivity contribution in [2.24, 2.45) is 7.05 Å². The molecule has 3 aromatic rings. The highest BCUT2D eigenvalue weighted by Gasteiger charge is 2.20. The molecule has 8 heteroatoms. The van der Waals surface area contributed by atoms with Gasteiger partial charge in [0.05, 0.1) is 7.11 Å². The van der Waals surface area contributed by atoms with Crippen LogP contribution >= 0.6 is 11.3 Å². The van der Waals surface area contributed by atoms with E-state index in [0.717, 1.165) is 17.1 Å². The third-order valence-electron chi connectivity index (χ3n) is 4.52. The van der Waals surface area contributed by atoms with E-state index in [0.29, 0.717) is 24.9 Å². The number of aromatic nitrogens is 2. The van der Waals surface area contributed by atoms with Crippen molar-refractivity contribution in [1.82, 2.24) is 20.2 Å². The standard InChI is InChI=1S/C21H24N4O3S/c1-25-12-11-22-20(25)19(15-5-7-17(28-2)8-6-15)24-18(26)4-3-10-23-21(27)16-9-13-29-14-16/h5-9,11-14,19H,3-4,10H2,1-2H3,(H,23,27)(H,24,26). The van der Waals surface area contributed by atoms with Crippen LogP contribution in [-0.4, -0.2) is 35.0 Å². The van der Waals surface area contributed by atoms with Crippen LogP contribution in [0.4, 0.5) is 0 Å². The molecule has 2 amide bonds. The van der Waals surface area contributed by atoms with Crippen LogP contribution < -0.4 is 15.4 Å². The number of imidazole rings is 1. The third-order valence-corrected chi connectivity index (χ3v) is 5.20. The summed E-state index contributed by atoms with van der Waals surface area (Å²) in [7, 11) is 3.51. The normalized spacial score (nSPS) is 11.7. The number of ether oxygens (including phenoxy) is 1. The van der Waals surface area contributed by atoms with E-state index in [4.69, 9.17) is 4.74 Å². The Balaban J connectivity index is 1.58. The van der Waals surface area contributed by atoms with Gasteiger partial charge in [0, 0.05) is 43.4 Å². The molecule has 0 spiro atoms. The van der Waals surface area contributed by atoms with Gasteiger partial charge >= 0.3 is 0 Å². The number of methoxy groups -OCH3 is 1. The SMILES string of the molecule is COc1ccc(C(NC(=O)CCCNC(=O)c2ccsc2)c2nccn2C)cc1. The summed E-state index contributed by atoms with van der Waals surface area (Å²) in [6.45, 7) is 0.442. The largest absolute Gasteiger partial charge is 0.497 e. The molecule has 152 valence electrons. The van der Waals surface area contributed by atoms with Gasteiger partial charge < -0.3 is 19.9 Å². The molecule has 7 nitrogen and oxygen atoms in total. The van der Waals surface area contributed by atoms with Gasteiger partial charge in [0.15, 0.2) is 0 Å². The van der Waals surface area contributed by atoms with Crippen molar-refractivity contribution in [3.63, 3.8) is 0 Å². The number of rotatable bonds is 9. The molecule has 1 atom stereocenters. The van der Waals surface area contributed by atoms with E-state index in [1.54, 1.807) is 24.8 Å². The first kappa shape index (κ1) is 20.6. The summed E-state index contributed by atoms with van der Waals surface area (Å²) in [5, 5.41) is 9.55. The Morgan fingerprint density at radius 1 is 1.24 bits per heavy atom. The highest BCUT2D eigenvalue weighted by Crippen LogP contribution is 2.23. The van der Waals surface area contributed by atoms with E-state index in [-0.39, 0.29) is 17.9 Å². The van der Waals surface area contributed by atoms with E-state index in [9.17, 15) is 9.59 Å². The van der Waals surface area contributed by atoms with Crippen LogP contribution in [0.25, 0.3) is 0 Å². The average molecular weight is 413 g/mol. The van der Waals surface area contributed by atoms with Crippen LogP contribution in [0.1, 0.15) is 40.6 Å². The van der Waals surface area contributed by atoms with Crippen molar-refractivity contribution in [2.75, 3.05) is 13.7 Å². The number of amides is 2. The molecule has 0 radical (unpaired) electrons. The third kappa shape index (κ3) is 5.45. The molecule has 2 aromatic heterocycles. The maximum Gasteiger partial charge on any atom is 0.252 e. The van der Waals surface area contributed by atoms with Crippen molar-refractivity contribution in [3.8, 4) is 5.75 Å². The van der Waals surface area contributed by atoms with E-state index in [1.165, 1.54) is 11.3 Å². The molecule has 1 unspecified atom stereocenters. The summed E-state index contributed by atoms with van der Waals surface area (Å²) in [4.78, 5) is 28.9. The summed E-state index contributed by atoms with van der Waals surface area (Å²) in [6, 6.07) is 8.96. The lowest BCUT2D eigenvalue weighted by Gasteiger charge is -2.19. The molecule has 0 bridgehead atoms. The van der Waals surface area contributed by atoms with Crippen LogP contribution in [0.15, 0.2) is 53.5 Å². The fraction of sp³-hybridized carbons (Fsp3) is 0.286. The van der Waals surface area contributed by atoms with E-state index < -0.39 is 0 Å². The monoisotopic (exact) mass is 412 g/mol. The second-order valence-electron chi connectivity index (χ2n) is 6.54. The Kier molecular flexibility index (Phi) is 7.02. The quantitative estimate of drug-likeness (QED) is 0.529. The van der Waals surface area contributed by atoms with Crippen LogP contribution in [-0.2, 0) is 11.8 Å². The molecule has 1 aromatic carbocycles. The zero-order valence-electron chi connectivity index (χ0n) is 16.4. The zero-order chi connectivity index (χ0) is 20.6. The number of nitrogens with one attached hydrogen (secondary N) is 2. The van der Waals surface area contributed by atoms with Crippen molar-refractivity contribution in [1.29, 1.82) is 0 Å². The van der Waals surface area contributed by atoms with Crippen LogP contribution in [0.5, 0.6) is 5.75 Å². The molecule has 2 N–H and O–H groups in total. The number of carbonyl (C=O) groups excluding carboxylic acids is 2. The van der Waals surface area contributed by atoms with E-state index >= 15 is 0 Å². The first-order chi connectivity index (χ1) is 14.1. The van der Waals surface area contributed by atoms with Crippen molar-refractivity contribution in [2.45, 2.75) is 18.9 Å². The van der Waals surface area contributed by atoms with Gasteiger partial charge in [0.1, 0.15) is 17.6 Å². The van der Waals surface area contributed by atoms with Gasteiger partial charge in [-0.2, -0.15) is 11.3 Å². The minimum atomic E-state index is -0.367. The smallest absolute Gasteiger partial charge is 0.252 e. The van der Waals surface area contributed by atoms with Gasteiger partial charge in [0.2, 0.25) is 5.91 Å². The van der Waals surface area contributed by atoms with Gasteiger partial charge in [-0.3, -0.25) is 9.59 Å². The molecule has 0 aliphatic carbocycles. The lowest BCUT2D eigenvalue weighted by Crippen LogP contribution is -2.32. The predicted octanol–water partition coefficient (Wildman–Crippen LogP) is 2.91. The van der Waals surface area contributed by atoms with Crippen LogP contribution in [0, 0.1) is 0 Å². The van der Waals surface area contributed by atoms with Gasteiger partial charge in [-0.25, -0.2) is 4.98 Å². The molecule has 29 heavy (non-hydrogen) atoms. The Morgan fingerprint density at radius 3 is 2.66 bits per heavy atom. The lowest BCUT2D eigenvalue weighted by atomic mass is 10.1. The van der Waals surface area contributed by atoms with Crippen molar-refractivity contribution >= 4 is 23.2 Å². The molecule has 3 rings (SSSR count). The van der Waals surface area contributed by atoms with Crippen LogP contribution in [0.2, 0.25) is 0 Å². The molecule has 0 fully saturated rings. The first-order valence-electron chi connectivity index (χ1n) is 9.29. The molecular weight excluding hydrogens is 388 g/mol. The number of hydrogen-bond acceptors (Lipinski definition) is 5. The van der Waals surface area contributed by atoms with Gasteiger partial charge in [-0.1, -0.05) is 12.1 Å². The van der Waals surface area contributed by atoms with Gasteiger partial charge in [-0.05, 0) is 35.6 Å². The highest BCUT2D eigenvalue weighted by atomic mass is 32.1. The number of aryl methyl sites for hydroxylation is 1. The number of nitrogens with zero attached hydrogens (tertiary/aromatic N) is 2. The number of thiophene rings is 1. The Morgan fingerprint density at radius 2 is 2.03 bits per heavy atom. The van der Waals surface area contributed by atoms with Crippen molar-refractivity contribution < 1.29 is 14.3 Å². The predicted molar refractivity (Wildman–Crippen MR) is 112 cm³/mol.